The standard InChI is InChI=1S/C55H93NO5/c1-4-7-10-13-16-19-22-24-26-27-28-30-33-36-39-42-45-48-55(60)61-51(46-43-40-37-34-32-29-25-23-20-17-14-11-8-5-2)49-54(59)56-52(50-57)53(58)47-44-41-38-35-31-21-18-15-12-9-6-3/h7,10,13,16,19,22,24,26-30,32-34,37,51-53,57-58H,4-6,8-9,11-12,14-15,17-18,20-21,23,25,31,35-36,38-50H2,1-3H3,(H,56,59)/b10-7-,16-13+,22-19+,26-24-,28-27+,32-29+,33-30+,37-34+. The molecule has 0 aliphatic carbocycles. The van der Waals surface area contributed by atoms with Crippen molar-refractivity contribution in [1.82, 2.24) is 5.32 Å². The number of allylic oxidation sites excluding steroid dienone is 16. The Morgan fingerprint density at radius 1 is 0.492 bits per heavy atom. The number of carbonyl (C=O) groups is 2. The molecule has 0 saturated heterocycles. The van der Waals surface area contributed by atoms with E-state index in [9.17, 15) is 19.8 Å². The summed E-state index contributed by atoms with van der Waals surface area (Å²) in [6, 6.07) is -0.730. The highest BCUT2D eigenvalue weighted by Crippen LogP contribution is 2.16. The van der Waals surface area contributed by atoms with Gasteiger partial charge in [-0.25, -0.2) is 0 Å². The molecule has 0 aromatic heterocycles. The third-order valence-electron chi connectivity index (χ3n) is 10.8. The van der Waals surface area contributed by atoms with Gasteiger partial charge in [0, 0.05) is 6.42 Å². The van der Waals surface area contributed by atoms with Crippen LogP contribution in [0.5, 0.6) is 0 Å². The highest BCUT2D eigenvalue weighted by Gasteiger charge is 2.24. The van der Waals surface area contributed by atoms with E-state index < -0.39 is 18.2 Å². The van der Waals surface area contributed by atoms with Gasteiger partial charge < -0.3 is 20.3 Å². The maximum Gasteiger partial charge on any atom is 0.306 e. The molecule has 348 valence electrons. The van der Waals surface area contributed by atoms with Crippen LogP contribution in [-0.4, -0.2) is 46.9 Å². The number of aliphatic hydroxyl groups is 2. The number of ether oxygens (including phenoxy) is 1. The van der Waals surface area contributed by atoms with Crippen molar-refractivity contribution in [2.24, 2.45) is 0 Å². The summed E-state index contributed by atoms with van der Waals surface area (Å²) in [5, 5.41) is 23.7. The van der Waals surface area contributed by atoms with Crippen molar-refractivity contribution in [3.63, 3.8) is 0 Å². The van der Waals surface area contributed by atoms with Gasteiger partial charge in [-0.3, -0.25) is 9.59 Å². The van der Waals surface area contributed by atoms with E-state index in [1.54, 1.807) is 0 Å². The van der Waals surface area contributed by atoms with Crippen molar-refractivity contribution >= 4 is 11.9 Å². The van der Waals surface area contributed by atoms with Gasteiger partial charge in [-0.05, 0) is 64.2 Å². The molecule has 6 heteroatoms. The minimum atomic E-state index is -0.812. The van der Waals surface area contributed by atoms with Crippen LogP contribution in [0.25, 0.3) is 0 Å². The zero-order valence-electron chi connectivity index (χ0n) is 39.5. The second-order valence-electron chi connectivity index (χ2n) is 16.7. The van der Waals surface area contributed by atoms with Crippen molar-refractivity contribution in [1.29, 1.82) is 0 Å². The van der Waals surface area contributed by atoms with Gasteiger partial charge in [0.15, 0.2) is 0 Å². The van der Waals surface area contributed by atoms with E-state index in [-0.39, 0.29) is 24.9 Å². The second-order valence-corrected chi connectivity index (χ2v) is 16.7. The highest BCUT2D eigenvalue weighted by atomic mass is 16.5. The van der Waals surface area contributed by atoms with E-state index in [1.165, 1.54) is 96.3 Å². The predicted octanol–water partition coefficient (Wildman–Crippen LogP) is 14.9. The van der Waals surface area contributed by atoms with Gasteiger partial charge in [0.25, 0.3) is 0 Å². The summed E-state index contributed by atoms with van der Waals surface area (Å²) < 4.78 is 5.88. The largest absolute Gasteiger partial charge is 0.462 e. The van der Waals surface area contributed by atoms with Crippen LogP contribution in [0.2, 0.25) is 0 Å². The smallest absolute Gasteiger partial charge is 0.306 e. The lowest BCUT2D eigenvalue weighted by Crippen LogP contribution is -2.46. The molecule has 0 radical (unpaired) electrons. The first kappa shape index (κ1) is 57.8. The summed E-state index contributed by atoms with van der Waals surface area (Å²) in [4.78, 5) is 26.1. The molecule has 0 aromatic carbocycles. The second kappa shape index (κ2) is 47.8. The third-order valence-corrected chi connectivity index (χ3v) is 10.8. The number of nitrogens with one attached hydrogen (secondary N) is 1. The summed E-state index contributed by atoms with van der Waals surface area (Å²) in [5.74, 6) is -0.580. The van der Waals surface area contributed by atoms with Gasteiger partial charge >= 0.3 is 5.97 Å². The van der Waals surface area contributed by atoms with Gasteiger partial charge in [0.1, 0.15) is 6.10 Å². The first-order chi connectivity index (χ1) is 30.0. The first-order valence-corrected chi connectivity index (χ1v) is 25.1. The quantitative estimate of drug-likeness (QED) is 0.0323. The van der Waals surface area contributed by atoms with Gasteiger partial charge in [0.05, 0.1) is 25.2 Å². The monoisotopic (exact) mass is 848 g/mol. The normalized spacial score (nSPS) is 14.1. The SMILES string of the molecule is CC\C=C/C=C/C=C/C=C\C=C\C=C\CCCCCC(=O)OC(CCC/C=C/C=C/CCCCCCCCC)CC(=O)NC(CO)C(O)CCCCCCCCCCCCC. The Morgan fingerprint density at radius 3 is 1.39 bits per heavy atom. The maximum absolute atomic E-state index is 13.2. The Hall–Kier alpha value is -3.22. The van der Waals surface area contributed by atoms with Crippen LogP contribution in [0, 0.1) is 0 Å². The van der Waals surface area contributed by atoms with Crippen molar-refractivity contribution in [3.8, 4) is 0 Å². The molecule has 0 rings (SSSR count). The van der Waals surface area contributed by atoms with E-state index in [0.717, 1.165) is 70.6 Å². The van der Waals surface area contributed by atoms with Gasteiger partial charge in [0.2, 0.25) is 5.91 Å². The van der Waals surface area contributed by atoms with Crippen LogP contribution in [-0.2, 0) is 14.3 Å². The molecule has 0 aliphatic rings. The molecule has 0 bridgehead atoms. The molecule has 1 amide bonds. The van der Waals surface area contributed by atoms with Crippen molar-refractivity contribution in [2.45, 2.75) is 232 Å². The molecule has 0 fully saturated rings. The summed E-state index contributed by atoms with van der Waals surface area (Å²) in [6.07, 6.45) is 63.2. The number of esters is 1. The minimum absolute atomic E-state index is 0.0208. The first-order valence-electron chi connectivity index (χ1n) is 25.1. The van der Waals surface area contributed by atoms with Gasteiger partial charge in [-0.2, -0.15) is 0 Å². The zero-order valence-corrected chi connectivity index (χ0v) is 39.5. The van der Waals surface area contributed by atoms with E-state index in [2.05, 4.69) is 68.6 Å². The minimum Gasteiger partial charge on any atom is -0.462 e. The number of aliphatic hydroxyl groups excluding tert-OH is 2. The summed E-state index contributed by atoms with van der Waals surface area (Å²) in [5.41, 5.74) is 0. The highest BCUT2D eigenvalue weighted by molar-refractivity contribution is 5.77. The van der Waals surface area contributed by atoms with E-state index in [1.807, 2.05) is 54.7 Å². The summed E-state index contributed by atoms with van der Waals surface area (Å²) >= 11 is 0. The predicted molar refractivity (Wildman–Crippen MR) is 264 cm³/mol. The third kappa shape index (κ3) is 43.2. The number of amides is 1. The molecule has 0 aliphatic heterocycles. The summed E-state index contributed by atoms with van der Waals surface area (Å²) in [7, 11) is 0. The fourth-order valence-corrected chi connectivity index (χ4v) is 7.05. The molecule has 61 heavy (non-hydrogen) atoms. The molecular formula is C55H93NO5. The number of hydrogen-bond donors (Lipinski definition) is 3. The van der Waals surface area contributed by atoms with Crippen LogP contribution in [0.1, 0.15) is 213 Å². The molecule has 3 unspecified atom stereocenters. The zero-order chi connectivity index (χ0) is 44.5. The van der Waals surface area contributed by atoms with Gasteiger partial charge in [-0.15, -0.1) is 0 Å². The van der Waals surface area contributed by atoms with Crippen LogP contribution in [0.3, 0.4) is 0 Å². The van der Waals surface area contributed by atoms with Crippen molar-refractivity contribution < 1.29 is 24.5 Å². The van der Waals surface area contributed by atoms with E-state index in [0.29, 0.717) is 19.3 Å². The molecular weight excluding hydrogens is 755 g/mol. The average Bonchev–Trinajstić information content (AvgIpc) is 3.25. The lowest BCUT2D eigenvalue weighted by Gasteiger charge is -2.24. The van der Waals surface area contributed by atoms with E-state index >= 15 is 0 Å². The van der Waals surface area contributed by atoms with Crippen LogP contribution in [0.4, 0.5) is 0 Å². The number of hydrogen-bond acceptors (Lipinski definition) is 5. The van der Waals surface area contributed by atoms with Crippen molar-refractivity contribution in [2.75, 3.05) is 6.61 Å². The number of carbonyl (C=O) groups excluding carboxylic acids is 2. The molecule has 0 spiro atoms. The van der Waals surface area contributed by atoms with Crippen molar-refractivity contribution in [3.05, 3.63) is 97.2 Å². The topological polar surface area (TPSA) is 95.9 Å². The Balaban J connectivity index is 4.78. The number of rotatable bonds is 43. The summed E-state index contributed by atoms with van der Waals surface area (Å²) in [6.45, 7) is 6.29. The van der Waals surface area contributed by atoms with Crippen LogP contribution < -0.4 is 5.32 Å². The maximum atomic E-state index is 13.2. The lowest BCUT2D eigenvalue weighted by molar-refractivity contribution is -0.151. The molecule has 3 atom stereocenters. The molecule has 6 nitrogen and oxygen atoms in total. The average molecular weight is 848 g/mol. The molecule has 0 heterocycles. The van der Waals surface area contributed by atoms with Gasteiger partial charge in [-0.1, -0.05) is 234 Å². The molecule has 0 aromatic rings. The molecule has 3 N–H and O–H groups in total. The fourth-order valence-electron chi connectivity index (χ4n) is 7.05. The van der Waals surface area contributed by atoms with Crippen LogP contribution in [0.15, 0.2) is 97.2 Å². The molecule has 0 saturated carbocycles. The Kier molecular flexibility index (Phi) is 45.3. The van der Waals surface area contributed by atoms with Crippen LogP contribution >= 0.6 is 0 Å². The lowest BCUT2D eigenvalue weighted by atomic mass is 10.0. The Labute approximate surface area is 376 Å². The Bertz CT molecular complexity index is 1220. The Morgan fingerprint density at radius 2 is 0.902 bits per heavy atom. The van der Waals surface area contributed by atoms with E-state index in [4.69, 9.17) is 4.74 Å². The fraction of sp³-hybridized carbons (Fsp3) is 0.673. The number of unbranched alkanes of at least 4 members (excludes halogenated alkanes) is 21.